The fourth-order valence-corrected chi connectivity index (χ4v) is 3.40. The van der Waals surface area contributed by atoms with Crippen LogP contribution in [0, 0.1) is 0 Å². The third-order valence-corrected chi connectivity index (χ3v) is 4.96. The number of rotatable bonds is 5. The summed E-state index contributed by atoms with van der Waals surface area (Å²) in [5.74, 6) is 1.93. The predicted octanol–water partition coefficient (Wildman–Crippen LogP) is 4.10. The molecule has 0 saturated heterocycles. The van der Waals surface area contributed by atoms with Crippen molar-refractivity contribution < 1.29 is 19.0 Å². The molecule has 2 aromatic rings. The van der Waals surface area contributed by atoms with Gasteiger partial charge in [-0.25, -0.2) is 0 Å². The molecule has 0 unspecified atom stereocenters. The molecule has 0 atom stereocenters. The van der Waals surface area contributed by atoms with E-state index in [9.17, 15) is 4.79 Å². The van der Waals surface area contributed by atoms with Gasteiger partial charge in [0.1, 0.15) is 5.75 Å². The number of amides is 1. The minimum Gasteiger partial charge on any atom is -0.493 e. The molecule has 27 heavy (non-hydrogen) atoms. The van der Waals surface area contributed by atoms with Crippen molar-refractivity contribution >= 4 is 17.5 Å². The van der Waals surface area contributed by atoms with Gasteiger partial charge in [0, 0.05) is 18.1 Å². The van der Waals surface area contributed by atoms with Gasteiger partial charge in [-0.05, 0) is 67.8 Å². The second-order valence-corrected chi connectivity index (χ2v) is 7.46. The monoisotopic (exact) mass is 389 g/mol. The normalized spacial score (nSPS) is 13.7. The third kappa shape index (κ3) is 4.14. The highest BCUT2D eigenvalue weighted by atomic mass is 35.5. The first-order valence-corrected chi connectivity index (χ1v) is 9.19. The smallest absolute Gasteiger partial charge is 0.266 e. The average Bonchev–Trinajstić information content (AvgIpc) is 2.67. The lowest BCUT2D eigenvalue weighted by molar-refractivity contribution is -0.146. The first-order valence-electron chi connectivity index (χ1n) is 8.82. The van der Waals surface area contributed by atoms with Gasteiger partial charge >= 0.3 is 0 Å². The third-order valence-electron chi connectivity index (χ3n) is 4.71. The number of hydrogen-bond donors (Lipinski definition) is 0. The molecular formula is C21H24ClNO4. The highest BCUT2D eigenvalue weighted by molar-refractivity contribution is 6.30. The van der Waals surface area contributed by atoms with Crippen LogP contribution in [0.1, 0.15) is 25.0 Å². The summed E-state index contributed by atoms with van der Waals surface area (Å²) >= 11 is 5.91. The molecular weight excluding hydrogens is 366 g/mol. The van der Waals surface area contributed by atoms with E-state index in [1.165, 1.54) is 5.56 Å². The van der Waals surface area contributed by atoms with Crippen LogP contribution in [0.4, 0.5) is 0 Å². The van der Waals surface area contributed by atoms with Crippen molar-refractivity contribution in [3.05, 3.63) is 52.5 Å². The molecule has 0 fully saturated rings. The molecule has 0 saturated carbocycles. The van der Waals surface area contributed by atoms with Crippen LogP contribution >= 0.6 is 11.6 Å². The maximum atomic E-state index is 13.1. The summed E-state index contributed by atoms with van der Waals surface area (Å²) in [6.07, 6.45) is 0.762. The quantitative estimate of drug-likeness (QED) is 0.772. The first-order chi connectivity index (χ1) is 12.8. The number of fused-ring (bicyclic) bond motifs is 1. The van der Waals surface area contributed by atoms with Gasteiger partial charge in [-0.3, -0.25) is 4.79 Å². The number of carbonyl (C=O) groups is 1. The summed E-state index contributed by atoms with van der Waals surface area (Å²) < 4.78 is 16.7. The Hall–Kier alpha value is -2.40. The lowest BCUT2D eigenvalue weighted by Gasteiger charge is -2.35. The lowest BCUT2D eigenvalue weighted by atomic mass is 9.97. The Bertz CT molecular complexity index is 833. The van der Waals surface area contributed by atoms with E-state index < -0.39 is 5.60 Å². The minimum atomic E-state index is -0.984. The number of methoxy groups -OCH3 is 2. The molecule has 144 valence electrons. The van der Waals surface area contributed by atoms with Crippen LogP contribution in [0.15, 0.2) is 36.4 Å². The van der Waals surface area contributed by atoms with Crippen LogP contribution in [0.5, 0.6) is 17.2 Å². The Kier molecular flexibility index (Phi) is 5.51. The van der Waals surface area contributed by atoms with Crippen LogP contribution in [0.25, 0.3) is 0 Å². The second-order valence-electron chi connectivity index (χ2n) is 7.02. The molecule has 1 aliphatic rings. The Morgan fingerprint density at radius 3 is 2.22 bits per heavy atom. The van der Waals surface area contributed by atoms with Gasteiger partial charge in [0.2, 0.25) is 0 Å². The number of hydrogen-bond acceptors (Lipinski definition) is 4. The van der Waals surface area contributed by atoms with Crippen molar-refractivity contribution in [1.29, 1.82) is 0 Å². The zero-order valence-electron chi connectivity index (χ0n) is 16.0. The van der Waals surface area contributed by atoms with Crippen LogP contribution in [-0.4, -0.2) is 37.2 Å². The Morgan fingerprint density at radius 2 is 1.63 bits per heavy atom. The maximum absolute atomic E-state index is 13.1. The largest absolute Gasteiger partial charge is 0.493 e. The van der Waals surface area contributed by atoms with Crippen molar-refractivity contribution in [1.82, 2.24) is 4.90 Å². The van der Waals surface area contributed by atoms with Crippen LogP contribution in [0.3, 0.4) is 0 Å². The molecule has 0 aliphatic carbocycles. The summed E-state index contributed by atoms with van der Waals surface area (Å²) in [7, 11) is 3.23. The van der Waals surface area contributed by atoms with Gasteiger partial charge in [0.15, 0.2) is 17.1 Å². The first kappa shape index (κ1) is 19.4. The SMILES string of the molecule is COc1cc2c(cc1OC)CN(C(=O)C(C)(C)Oc1ccc(Cl)cc1)CC2. The van der Waals surface area contributed by atoms with Gasteiger partial charge in [0.25, 0.3) is 5.91 Å². The van der Waals surface area contributed by atoms with E-state index in [-0.39, 0.29) is 5.91 Å². The maximum Gasteiger partial charge on any atom is 0.266 e. The van der Waals surface area contributed by atoms with Crippen LogP contribution < -0.4 is 14.2 Å². The molecule has 0 bridgehead atoms. The molecule has 0 spiro atoms. The number of nitrogens with zero attached hydrogens (tertiary/aromatic N) is 1. The highest BCUT2D eigenvalue weighted by Crippen LogP contribution is 2.34. The van der Waals surface area contributed by atoms with Gasteiger partial charge in [-0.2, -0.15) is 0 Å². The summed E-state index contributed by atoms with van der Waals surface area (Å²) in [5, 5.41) is 0.628. The summed E-state index contributed by atoms with van der Waals surface area (Å²) in [6, 6.07) is 11.0. The fraction of sp³-hybridized carbons (Fsp3) is 0.381. The van der Waals surface area contributed by atoms with E-state index in [1.54, 1.807) is 52.3 Å². The van der Waals surface area contributed by atoms with Crippen molar-refractivity contribution in [2.75, 3.05) is 20.8 Å². The number of ether oxygens (including phenoxy) is 3. The van der Waals surface area contributed by atoms with Crippen LogP contribution in [-0.2, 0) is 17.8 Å². The van der Waals surface area contributed by atoms with E-state index in [0.717, 1.165) is 12.0 Å². The van der Waals surface area contributed by atoms with Gasteiger partial charge < -0.3 is 19.1 Å². The molecule has 0 aromatic heterocycles. The molecule has 0 N–H and O–H groups in total. The topological polar surface area (TPSA) is 48.0 Å². The van der Waals surface area contributed by atoms with Gasteiger partial charge in [-0.15, -0.1) is 0 Å². The molecule has 2 aromatic carbocycles. The Morgan fingerprint density at radius 1 is 1.04 bits per heavy atom. The molecule has 6 heteroatoms. The molecule has 0 radical (unpaired) electrons. The van der Waals surface area contributed by atoms with E-state index in [2.05, 4.69) is 0 Å². The Balaban J connectivity index is 1.77. The number of halogens is 1. The molecule has 1 heterocycles. The minimum absolute atomic E-state index is 0.0575. The lowest BCUT2D eigenvalue weighted by Crippen LogP contribution is -2.50. The Labute approximate surface area is 164 Å². The number of benzene rings is 2. The molecule has 3 rings (SSSR count). The van der Waals surface area contributed by atoms with E-state index in [4.69, 9.17) is 25.8 Å². The van der Waals surface area contributed by atoms with Crippen molar-refractivity contribution in [2.24, 2.45) is 0 Å². The molecule has 1 amide bonds. The number of carbonyl (C=O) groups excluding carboxylic acids is 1. The molecule has 1 aliphatic heterocycles. The van der Waals surface area contributed by atoms with Gasteiger partial charge in [-0.1, -0.05) is 11.6 Å². The van der Waals surface area contributed by atoms with Gasteiger partial charge in [0.05, 0.1) is 14.2 Å². The van der Waals surface area contributed by atoms with Crippen LogP contribution in [0.2, 0.25) is 5.02 Å². The molecule has 5 nitrogen and oxygen atoms in total. The van der Waals surface area contributed by atoms with E-state index in [1.807, 2.05) is 17.0 Å². The predicted molar refractivity (Wildman–Crippen MR) is 105 cm³/mol. The van der Waals surface area contributed by atoms with E-state index >= 15 is 0 Å². The van der Waals surface area contributed by atoms with Crippen molar-refractivity contribution in [3.8, 4) is 17.2 Å². The van der Waals surface area contributed by atoms with E-state index in [0.29, 0.717) is 35.4 Å². The second kappa shape index (κ2) is 7.69. The zero-order chi connectivity index (χ0) is 19.6. The van der Waals surface area contributed by atoms with Crippen molar-refractivity contribution in [3.63, 3.8) is 0 Å². The zero-order valence-corrected chi connectivity index (χ0v) is 16.8. The fourth-order valence-electron chi connectivity index (χ4n) is 3.28. The average molecular weight is 390 g/mol. The van der Waals surface area contributed by atoms with Crippen molar-refractivity contribution in [2.45, 2.75) is 32.4 Å². The highest BCUT2D eigenvalue weighted by Gasteiger charge is 2.36. The summed E-state index contributed by atoms with van der Waals surface area (Å²) in [4.78, 5) is 14.9. The summed E-state index contributed by atoms with van der Waals surface area (Å²) in [5.41, 5.74) is 1.25. The standard InChI is InChI=1S/C21H24ClNO4/c1-21(2,27-17-7-5-16(22)6-8-17)20(24)23-10-9-14-11-18(25-3)19(26-4)12-15(14)13-23/h5-8,11-12H,9-10,13H2,1-4H3. The summed E-state index contributed by atoms with van der Waals surface area (Å²) in [6.45, 7) is 4.72.